The van der Waals surface area contributed by atoms with Crippen LogP contribution >= 0.6 is 0 Å². The molecule has 0 spiro atoms. The summed E-state index contributed by atoms with van der Waals surface area (Å²) in [4.78, 5) is 7.71. The van der Waals surface area contributed by atoms with E-state index in [4.69, 9.17) is 4.74 Å². The molecule has 1 aliphatic heterocycles. The number of anilines is 1. The van der Waals surface area contributed by atoms with Gasteiger partial charge in [-0.2, -0.15) is 9.37 Å². The van der Waals surface area contributed by atoms with E-state index in [9.17, 15) is 9.50 Å². The van der Waals surface area contributed by atoms with Gasteiger partial charge in [0.05, 0.1) is 19.4 Å². The summed E-state index contributed by atoms with van der Waals surface area (Å²) < 4.78 is 17.9. The van der Waals surface area contributed by atoms with Crippen molar-refractivity contribution in [3.8, 4) is 5.88 Å². The Morgan fingerprint density at radius 1 is 1.67 bits per heavy atom. The normalized spacial score (nSPS) is 23.7. The molecular formula is C11H17FN4O2. The van der Waals surface area contributed by atoms with Gasteiger partial charge in [-0.15, -0.1) is 0 Å². The van der Waals surface area contributed by atoms with Crippen LogP contribution in [-0.2, 0) is 0 Å². The molecule has 0 aromatic carbocycles. The van der Waals surface area contributed by atoms with Crippen LogP contribution in [0.5, 0.6) is 5.88 Å². The second-order valence-corrected chi connectivity index (χ2v) is 4.25. The molecule has 0 unspecified atom stereocenters. The SMILES string of the molecule is COc1nc(NC[C@@H]2CCNC[C@H]2O)ncc1F. The lowest BCUT2D eigenvalue weighted by Gasteiger charge is -2.28. The van der Waals surface area contributed by atoms with Crippen molar-refractivity contribution in [3.05, 3.63) is 12.0 Å². The zero-order valence-electron chi connectivity index (χ0n) is 10.2. The molecule has 7 heteroatoms. The summed E-state index contributed by atoms with van der Waals surface area (Å²) in [5.74, 6) is -0.229. The summed E-state index contributed by atoms with van der Waals surface area (Å²) >= 11 is 0. The fourth-order valence-electron chi connectivity index (χ4n) is 1.94. The first-order valence-corrected chi connectivity index (χ1v) is 5.90. The van der Waals surface area contributed by atoms with Crippen LogP contribution in [0.1, 0.15) is 6.42 Å². The molecule has 1 saturated heterocycles. The molecule has 1 fully saturated rings. The third-order valence-corrected chi connectivity index (χ3v) is 3.02. The number of nitrogens with zero attached hydrogens (tertiary/aromatic N) is 2. The van der Waals surface area contributed by atoms with E-state index in [-0.39, 0.29) is 17.9 Å². The van der Waals surface area contributed by atoms with E-state index in [1.165, 1.54) is 7.11 Å². The van der Waals surface area contributed by atoms with Crippen molar-refractivity contribution in [1.29, 1.82) is 0 Å². The second-order valence-electron chi connectivity index (χ2n) is 4.25. The maximum absolute atomic E-state index is 13.1. The molecule has 2 rings (SSSR count). The Bertz CT molecular complexity index is 405. The van der Waals surface area contributed by atoms with Crippen molar-refractivity contribution < 1.29 is 14.2 Å². The van der Waals surface area contributed by atoms with Gasteiger partial charge in [-0.25, -0.2) is 4.98 Å². The van der Waals surface area contributed by atoms with E-state index in [1.807, 2.05) is 0 Å². The lowest BCUT2D eigenvalue weighted by Crippen LogP contribution is -2.43. The summed E-state index contributed by atoms with van der Waals surface area (Å²) in [5.41, 5.74) is 0. The monoisotopic (exact) mass is 256 g/mol. The number of aliphatic hydroxyl groups excluding tert-OH is 1. The molecule has 0 saturated carbocycles. The highest BCUT2D eigenvalue weighted by atomic mass is 19.1. The highest BCUT2D eigenvalue weighted by molar-refractivity contribution is 5.28. The zero-order valence-corrected chi connectivity index (χ0v) is 10.2. The quantitative estimate of drug-likeness (QED) is 0.704. The van der Waals surface area contributed by atoms with Gasteiger partial charge in [-0.05, 0) is 13.0 Å². The fourth-order valence-corrected chi connectivity index (χ4v) is 1.94. The summed E-state index contributed by atoms with van der Waals surface area (Å²) in [6.07, 6.45) is 1.56. The van der Waals surface area contributed by atoms with Gasteiger partial charge in [-0.1, -0.05) is 0 Å². The predicted octanol–water partition coefficient (Wildman–Crippen LogP) is 0.00660. The summed E-state index contributed by atoms with van der Waals surface area (Å²) in [6, 6.07) is 0. The first-order chi connectivity index (χ1) is 8.70. The van der Waals surface area contributed by atoms with Gasteiger partial charge in [0.15, 0.2) is 0 Å². The minimum Gasteiger partial charge on any atom is -0.479 e. The Labute approximate surface area is 105 Å². The fraction of sp³-hybridized carbons (Fsp3) is 0.636. The highest BCUT2D eigenvalue weighted by Gasteiger charge is 2.22. The van der Waals surface area contributed by atoms with Gasteiger partial charge in [0.1, 0.15) is 0 Å². The molecule has 1 aliphatic rings. The molecule has 6 nitrogen and oxygen atoms in total. The molecule has 18 heavy (non-hydrogen) atoms. The second kappa shape index (κ2) is 5.92. The Kier molecular flexibility index (Phi) is 4.27. The van der Waals surface area contributed by atoms with Crippen LogP contribution in [0.4, 0.5) is 10.3 Å². The number of β-amino-alcohol motifs (C(OH)–C–C–N with tert-alkyl or cyclic N) is 1. The number of aliphatic hydroxyl groups is 1. The standard InChI is InChI=1S/C11H17FN4O2/c1-18-10-8(12)5-15-11(16-10)14-4-7-2-3-13-6-9(7)17/h5,7,9,13,17H,2-4,6H2,1H3,(H,14,15,16)/t7-,9+/m0/s1. The maximum Gasteiger partial charge on any atom is 0.255 e. The molecule has 100 valence electrons. The summed E-state index contributed by atoms with van der Waals surface area (Å²) in [7, 11) is 1.35. The van der Waals surface area contributed by atoms with Crippen LogP contribution in [-0.4, -0.2) is 47.9 Å². The van der Waals surface area contributed by atoms with Crippen molar-refractivity contribution in [2.75, 3.05) is 32.1 Å². The molecule has 0 bridgehead atoms. The molecule has 0 amide bonds. The van der Waals surface area contributed by atoms with E-state index >= 15 is 0 Å². The number of hydrogen-bond donors (Lipinski definition) is 3. The number of ether oxygens (including phenoxy) is 1. The van der Waals surface area contributed by atoms with Gasteiger partial charge in [0.25, 0.3) is 5.88 Å². The third kappa shape index (κ3) is 3.05. The lowest BCUT2D eigenvalue weighted by molar-refractivity contribution is 0.0883. The molecule has 1 aromatic heterocycles. The Morgan fingerprint density at radius 3 is 3.22 bits per heavy atom. The summed E-state index contributed by atoms with van der Waals surface area (Å²) in [6.45, 7) is 2.04. The van der Waals surface area contributed by atoms with Crippen molar-refractivity contribution >= 4 is 5.95 Å². The number of hydrogen-bond acceptors (Lipinski definition) is 6. The number of piperidine rings is 1. The smallest absolute Gasteiger partial charge is 0.255 e. The molecule has 1 aromatic rings. The van der Waals surface area contributed by atoms with E-state index < -0.39 is 5.82 Å². The average Bonchev–Trinajstić information content (AvgIpc) is 2.39. The van der Waals surface area contributed by atoms with Crippen molar-refractivity contribution in [3.63, 3.8) is 0 Å². The van der Waals surface area contributed by atoms with Crippen molar-refractivity contribution in [2.45, 2.75) is 12.5 Å². The van der Waals surface area contributed by atoms with E-state index in [1.54, 1.807) is 0 Å². The molecule has 2 heterocycles. The highest BCUT2D eigenvalue weighted by Crippen LogP contribution is 2.16. The van der Waals surface area contributed by atoms with Crippen LogP contribution in [0.15, 0.2) is 6.20 Å². The summed E-state index contributed by atoms with van der Waals surface area (Å²) in [5, 5.41) is 15.9. The van der Waals surface area contributed by atoms with Gasteiger partial charge in [-0.3, -0.25) is 0 Å². The van der Waals surface area contributed by atoms with Crippen LogP contribution < -0.4 is 15.4 Å². The van der Waals surface area contributed by atoms with Crippen LogP contribution in [0, 0.1) is 11.7 Å². The largest absolute Gasteiger partial charge is 0.479 e. The average molecular weight is 256 g/mol. The van der Waals surface area contributed by atoms with Gasteiger partial charge in [0, 0.05) is 19.0 Å². The third-order valence-electron chi connectivity index (χ3n) is 3.02. The Balaban J connectivity index is 1.93. The number of nitrogens with one attached hydrogen (secondary N) is 2. The van der Waals surface area contributed by atoms with Gasteiger partial charge in [0.2, 0.25) is 11.8 Å². The van der Waals surface area contributed by atoms with Gasteiger partial charge < -0.3 is 20.5 Å². The minimum absolute atomic E-state index is 0.0849. The van der Waals surface area contributed by atoms with Crippen LogP contribution in [0.3, 0.4) is 0 Å². The first-order valence-electron chi connectivity index (χ1n) is 5.90. The van der Waals surface area contributed by atoms with E-state index in [0.29, 0.717) is 19.0 Å². The van der Waals surface area contributed by atoms with Crippen LogP contribution in [0.25, 0.3) is 0 Å². The minimum atomic E-state index is -0.593. The molecular weight excluding hydrogens is 239 g/mol. The number of methoxy groups -OCH3 is 1. The number of aromatic nitrogens is 2. The molecule has 2 atom stereocenters. The van der Waals surface area contributed by atoms with E-state index in [2.05, 4.69) is 20.6 Å². The zero-order chi connectivity index (χ0) is 13.0. The van der Waals surface area contributed by atoms with Crippen LogP contribution in [0.2, 0.25) is 0 Å². The molecule has 0 aliphatic carbocycles. The topological polar surface area (TPSA) is 79.3 Å². The first kappa shape index (κ1) is 13.0. The van der Waals surface area contributed by atoms with Crippen molar-refractivity contribution in [2.24, 2.45) is 5.92 Å². The number of rotatable bonds is 4. The molecule has 0 radical (unpaired) electrons. The predicted molar refractivity (Wildman–Crippen MR) is 64.0 cm³/mol. The van der Waals surface area contributed by atoms with Gasteiger partial charge >= 0.3 is 0 Å². The van der Waals surface area contributed by atoms with Crippen molar-refractivity contribution in [1.82, 2.24) is 15.3 Å². The Hall–Kier alpha value is -1.47. The Morgan fingerprint density at radius 2 is 2.50 bits per heavy atom. The maximum atomic E-state index is 13.1. The number of halogens is 1. The molecule has 3 N–H and O–H groups in total. The lowest BCUT2D eigenvalue weighted by atomic mass is 9.95. The van der Waals surface area contributed by atoms with E-state index in [0.717, 1.165) is 19.2 Å².